The van der Waals surface area contributed by atoms with E-state index in [2.05, 4.69) is 0 Å². The number of carbonyl (C=O) groups excluding carboxylic acids is 1. The maximum Gasteiger partial charge on any atom is 0.403 e. The molecule has 0 spiro atoms. The summed E-state index contributed by atoms with van der Waals surface area (Å²) < 4.78 is 60.2. The molecule has 1 aromatic rings. The van der Waals surface area contributed by atoms with Gasteiger partial charge >= 0.3 is 6.18 Å². The lowest BCUT2D eigenvalue weighted by atomic mass is 10.1. The molecule has 0 radical (unpaired) electrons. The molecule has 0 saturated carbocycles. The second kappa shape index (κ2) is 7.10. The van der Waals surface area contributed by atoms with Gasteiger partial charge in [0.15, 0.2) is 15.6 Å². The zero-order valence-corrected chi connectivity index (χ0v) is 13.7. The molecular weight excluding hydrogens is 345 g/mol. The highest BCUT2D eigenvalue weighted by molar-refractivity contribution is 7.91. The van der Waals surface area contributed by atoms with Gasteiger partial charge in [0.2, 0.25) is 5.91 Å². The van der Waals surface area contributed by atoms with Crippen molar-refractivity contribution in [3.63, 3.8) is 0 Å². The third kappa shape index (κ3) is 5.20. The lowest BCUT2D eigenvalue weighted by Gasteiger charge is -2.30. The molecule has 1 saturated heterocycles. The molecule has 0 unspecified atom stereocenters. The summed E-state index contributed by atoms with van der Waals surface area (Å²) in [5, 5.41) is 0. The Labute approximate surface area is 138 Å². The van der Waals surface area contributed by atoms with E-state index in [0.29, 0.717) is 18.7 Å². The first-order chi connectivity index (χ1) is 11.1. The van der Waals surface area contributed by atoms with Gasteiger partial charge in [-0.2, -0.15) is 13.2 Å². The molecule has 5 nitrogen and oxygen atoms in total. The molecule has 1 aliphatic heterocycles. The van der Waals surface area contributed by atoms with Crippen LogP contribution in [0.3, 0.4) is 0 Å². The number of benzene rings is 1. The summed E-state index contributed by atoms with van der Waals surface area (Å²) in [6, 6.07) is 4.89. The standard InChI is InChI=1S/C15H19F3N2O3S/c16-15(17,18)10-24(22,23)13-5-3-11(4-6-13)8-14(21)20-7-1-2-12(19)9-20/h3-6,12H,1-2,7-10,19H2/t12-/m1/s1. The SMILES string of the molecule is N[C@@H]1CCCN(C(=O)Cc2ccc(S(=O)(=O)CC(F)(F)F)cc2)C1. The summed E-state index contributed by atoms with van der Waals surface area (Å²) in [5.74, 6) is -2.03. The number of alkyl halides is 3. The molecule has 1 aromatic carbocycles. The first kappa shape index (κ1) is 18.7. The number of hydrogen-bond donors (Lipinski definition) is 1. The molecule has 2 rings (SSSR count). The Morgan fingerprint density at radius 1 is 1.25 bits per heavy atom. The summed E-state index contributed by atoms with van der Waals surface area (Å²) in [4.78, 5) is 13.4. The van der Waals surface area contributed by atoms with Gasteiger partial charge in [-0.1, -0.05) is 12.1 Å². The lowest BCUT2D eigenvalue weighted by molar-refractivity contribution is -0.131. The van der Waals surface area contributed by atoms with E-state index in [1.165, 1.54) is 12.1 Å². The van der Waals surface area contributed by atoms with E-state index < -0.39 is 26.7 Å². The van der Waals surface area contributed by atoms with Crippen molar-refractivity contribution in [3.8, 4) is 0 Å². The van der Waals surface area contributed by atoms with Crippen molar-refractivity contribution < 1.29 is 26.4 Å². The van der Waals surface area contributed by atoms with Crippen molar-refractivity contribution in [1.82, 2.24) is 4.90 Å². The number of rotatable bonds is 4. The van der Waals surface area contributed by atoms with Crippen molar-refractivity contribution in [2.24, 2.45) is 5.73 Å². The Bertz CT molecular complexity index is 687. The summed E-state index contributed by atoms with van der Waals surface area (Å²) in [5.41, 5.74) is 6.37. The third-order valence-electron chi connectivity index (χ3n) is 3.80. The van der Waals surface area contributed by atoms with Crippen LogP contribution in [-0.4, -0.2) is 50.3 Å². The average Bonchev–Trinajstić information content (AvgIpc) is 2.45. The van der Waals surface area contributed by atoms with E-state index >= 15 is 0 Å². The van der Waals surface area contributed by atoms with E-state index in [1.54, 1.807) is 4.90 Å². The van der Waals surface area contributed by atoms with Gasteiger partial charge in [-0.05, 0) is 30.5 Å². The van der Waals surface area contributed by atoms with Crippen LogP contribution in [0.25, 0.3) is 0 Å². The Hall–Kier alpha value is -1.61. The fraction of sp³-hybridized carbons (Fsp3) is 0.533. The monoisotopic (exact) mass is 364 g/mol. The van der Waals surface area contributed by atoms with Gasteiger partial charge in [0, 0.05) is 19.1 Å². The fourth-order valence-corrected chi connectivity index (χ4v) is 3.78. The molecule has 0 aromatic heterocycles. The van der Waals surface area contributed by atoms with E-state index in [1.807, 2.05) is 0 Å². The number of sulfone groups is 1. The Balaban J connectivity index is 2.03. The van der Waals surface area contributed by atoms with E-state index in [9.17, 15) is 26.4 Å². The maximum absolute atomic E-state index is 12.3. The smallest absolute Gasteiger partial charge is 0.341 e. The molecule has 134 valence electrons. The number of nitrogens with zero attached hydrogens (tertiary/aromatic N) is 1. The first-order valence-corrected chi connectivity index (χ1v) is 9.14. The minimum absolute atomic E-state index is 0.0439. The Kier molecular flexibility index (Phi) is 5.54. The highest BCUT2D eigenvalue weighted by Crippen LogP contribution is 2.23. The summed E-state index contributed by atoms with van der Waals surface area (Å²) >= 11 is 0. The van der Waals surface area contributed by atoms with Crippen LogP contribution in [0.15, 0.2) is 29.2 Å². The molecule has 1 amide bonds. The predicted octanol–water partition coefficient (Wildman–Crippen LogP) is 1.51. The first-order valence-electron chi connectivity index (χ1n) is 7.49. The van der Waals surface area contributed by atoms with Crippen molar-refractivity contribution in [3.05, 3.63) is 29.8 Å². The maximum atomic E-state index is 12.3. The van der Waals surface area contributed by atoms with Crippen LogP contribution in [0.5, 0.6) is 0 Å². The van der Waals surface area contributed by atoms with Crippen LogP contribution in [0, 0.1) is 0 Å². The zero-order chi connectivity index (χ0) is 18.0. The average molecular weight is 364 g/mol. The van der Waals surface area contributed by atoms with Crippen LogP contribution in [0.1, 0.15) is 18.4 Å². The van der Waals surface area contributed by atoms with Gasteiger partial charge in [0.25, 0.3) is 0 Å². The highest BCUT2D eigenvalue weighted by Gasteiger charge is 2.35. The highest BCUT2D eigenvalue weighted by atomic mass is 32.2. The molecule has 1 heterocycles. The predicted molar refractivity (Wildman–Crippen MR) is 82.0 cm³/mol. The fourth-order valence-electron chi connectivity index (χ4n) is 2.64. The number of hydrogen-bond acceptors (Lipinski definition) is 4. The van der Waals surface area contributed by atoms with Gasteiger partial charge in [-0.3, -0.25) is 4.79 Å². The van der Waals surface area contributed by atoms with Gasteiger partial charge in [0.05, 0.1) is 11.3 Å². The Morgan fingerprint density at radius 2 is 1.88 bits per heavy atom. The zero-order valence-electron chi connectivity index (χ0n) is 12.9. The summed E-state index contributed by atoms with van der Waals surface area (Å²) in [6.45, 7) is 1.11. The van der Waals surface area contributed by atoms with Crippen molar-refractivity contribution in [1.29, 1.82) is 0 Å². The van der Waals surface area contributed by atoms with Gasteiger partial charge in [0.1, 0.15) is 0 Å². The molecule has 1 atom stereocenters. The normalized spacial score (nSPS) is 19.3. The third-order valence-corrected chi connectivity index (χ3v) is 5.50. The van der Waals surface area contributed by atoms with Gasteiger partial charge in [-0.25, -0.2) is 8.42 Å². The minimum atomic E-state index is -4.79. The van der Waals surface area contributed by atoms with Crippen LogP contribution in [0.2, 0.25) is 0 Å². The van der Waals surface area contributed by atoms with Crippen LogP contribution >= 0.6 is 0 Å². The number of carbonyl (C=O) groups is 1. The number of piperidine rings is 1. The van der Waals surface area contributed by atoms with Crippen molar-refractivity contribution in [2.75, 3.05) is 18.8 Å². The minimum Gasteiger partial charge on any atom is -0.341 e. The molecule has 1 aliphatic rings. The molecular formula is C15H19F3N2O3S. The second-order valence-corrected chi connectivity index (χ2v) is 7.93. The van der Waals surface area contributed by atoms with Crippen LogP contribution in [0.4, 0.5) is 13.2 Å². The summed E-state index contributed by atoms with van der Waals surface area (Å²) in [6.07, 6.45) is -3.02. The molecule has 0 aliphatic carbocycles. The van der Waals surface area contributed by atoms with Gasteiger partial charge in [-0.15, -0.1) is 0 Å². The van der Waals surface area contributed by atoms with Crippen LogP contribution < -0.4 is 5.73 Å². The lowest BCUT2D eigenvalue weighted by Crippen LogP contribution is -2.46. The van der Waals surface area contributed by atoms with Crippen molar-refractivity contribution in [2.45, 2.75) is 36.4 Å². The number of likely N-dealkylation sites (tertiary alicyclic amines) is 1. The summed E-state index contributed by atoms with van der Waals surface area (Å²) in [7, 11) is -4.43. The quantitative estimate of drug-likeness (QED) is 0.878. The largest absolute Gasteiger partial charge is 0.403 e. The molecule has 2 N–H and O–H groups in total. The van der Waals surface area contributed by atoms with Crippen LogP contribution in [-0.2, 0) is 21.1 Å². The van der Waals surface area contributed by atoms with E-state index in [0.717, 1.165) is 25.0 Å². The number of amides is 1. The molecule has 24 heavy (non-hydrogen) atoms. The van der Waals surface area contributed by atoms with Gasteiger partial charge < -0.3 is 10.6 Å². The molecule has 1 fully saturated rings. The van der Waals surface area contributed by atoms with E-state index in [4.69, 9.17) is 5.73 Å². The van der Waals surface area contributed by atoms with Crippen molar-refractivity contribution >= 4 is 15.7 Å². The molecule has 9 heteroatoms. The topological polar surface area (TPSA) is 80.5 Å². The second-order valence-electron chi connectivity index (χ2n) is 5.94. The number of halogens is 3. The number of nitrogens with two attached hydrogens (primary N) is 1. The molecule has 0 bridgehead atoms. The Morgan fingerprint density at radius 3 is 2.42 bits per heavy atom. The van der Waals surface area contributed by atoms with E-state index in [-0.39, 0.29) is 18.4 Å².